The highest BCUT2D eigenvalue weighted by Crippen LogP contribution is 2.16. The predicted octanol–water partition coefficient (Wildman–Crippen LogP) is 1.79. The second-order valence-corrected chi connectivity index (χ2v) is 3.05. The molecule has 1 rings (SSSR count). The zero-order valence-electron chi connectivity index (χ0n) is 7.63. The van der Waals surface area contributed by atoms with Crippen molar-refractivity contribution in [2.24, 2.45) is 0 Å². The van der Waals surface area contributed by atoms with E-state index >= 15 is 0 Å². The third kappa shape index (κ3) is 2.22. The summed E-state index contributed by atoms with van der Waals surface area (Å²) in [5, 5.41) is 2.88. The van der Waals surface area contributed by atoms with E-state index in [0.29, 0.717) is 0 Å². The Morgan fingerprint density at radius 2 is 2.42 bits per heavy atom. The molecule has 1 aliphatic carbocycles. The Bertz CT molecular complexity index is 228. The first-order valence-electron chi connectivity index (χ1n) is 4.38. The van der Waals surface area contributed by atoms with Crippen molar-refractivity contribution in [3.8, 4) is 0 Å². The fourth-order valence-corrected chi connectivity index (χ4v) is 1.40. The number of amides is 1. The van der Waals surface area contributed by atoms with Crippen LogP contribution in [-0.2, 0) is 4.79 Å². The second-order valence-electron chi connectivity index (χ2n) is 3.05. The van der Waals surface area contributed by atoms with Gasteiger partial charge in [-0.3, -0.25) is 4.79 Å². The van der Waals surface area contributed by atoms with Crippen LogP contribution in [0.3, 0.4) is 0 Å². The molecule has 2 nitrogen and oxygen atoms in total. The van der Waals surface area contributed by atoms with E-state index in [2.05, 4.69) is 18.3 Å². The summed E-state index contributed by atoms with van der Waals surface area (Å²) in [5.74, 6) is 0.0357. The molecule has 0 radical (unpaired) electrons. The zero-order chi connectivity index (χ0) is 8.97. The summed E-state index contributed by atoms with van der Waals surface area (Å²) < 4.78 is 0. The fraction of sp³-hybridized carbons (Fsp3) is 0.500. The number of nitrogens with one attached hydrogen (secondary N) is 1. The summed E-state index contributed by atoms with van der Waals surface area (Å²) in [6, 6.07) is 0.155. The molecular formula is C10H15NO. The molecule has 1 atom stereocenters. The lowest BCUT2D eigenvalue weighted by Crippen LogP contribution is -2.31. The van der Waals surface area contributed by atoms with E-state index in [1.165, 1.54) is 5.57 Å². The minimum atomic E-state index is 0.0357. The lowest BCUT2D eigenvalue weighted by molar-refractivity contribution is -0.119. The highest BCUT2D eigenvalue weighted by atomic mass is 16.1. The van der Waals surface area contributed by atoms with Crippen molar-refractivity contribution >= 4 is 5.91 Å². The summed E-state index contributed by atoms with van der Waals surface area (Å²) in [4.78, 5) is 10.8. The Morgan fingerprint density at radius 1 is 1.67 bits per heavy atom. The molecule has 1 unspecified atom stereocenters. The largest absolute Gasteiger partial charge is 0.346 e. The molecule has 12 heavy (non-hydrogen) atoms. The zero-order valence-corrected chi connectivity index (χ0v) is 7.63. The molecule has 0 saturated heterocycles. The highest BCUT2D eigenvalue weighted by Gasteiger charge is 2.13. The molecule has 0 aliphatic heterocycles. The first kappa shape index (κ1) is 9.04. The minimum Gasteiger partial charge on any atom is -0.346 e. The van der Waals surface area contributed by atoms with Crippen LogP contribution < -0.4 is 5.32 Å². The van der Waals surface area contributed by atoms with Crippen molar-refractivity contribution in [3.63, 3.8) is 0 Å². The molecule has 0 bridgehead atoms. The molecule has 0 aromatic heterocycles. The van der Waals surface area contributed by atoms with Crippen LogP contribution in [0.4, 0.5) is 0 Å². The lowest BCUT2D eigenvalue weighted by Gasteiger charge is -2.13. The highest BCUT2D eigenvalue weighted by molar-refractivity contribution is 5.74. The predicted molar refractivity (Wildman–Crippen MR) is 49.7 cm³/mol. The van der Waals surface area contributed by atoms with Crippen LogP contribution in [-0.4, -0.2) is 11.9 Å². The van der Waals surface area contributed by atoms with Gasteiger partial charge in [-0.15, -0.1) is 0 Å². The quantitative estimate of drug-likeness (QED) is 0.678. The molecule has 0 spiro atoms. The molecular weight excluding hydrogens is 150 g/mol. The van der Waals surface area contributed by atoms with Crippen molar-refractivity contribution in [1.82, 2.24) is 5.32 Å². The van der Waals surface area contributed by atoms with Crippen molar-refractivity contribution in [2.75, 3.05) is 0 Å². The van der Waals surface area contributed by atoms with Crippen molar-refractivity contribution in [2.45, 2.75) is 32.7 Å². The van der Waals surface area contributed by atoms with Crippen molar-refractivity contribution in [1.29, 1.82) is 0 Å². The Labute approximate surface area is 73.4 Å². The normalized spacial score (nSPS) is 20.8. The van der Waals surface area contributed by atoms with Gasteiger partial charge in [0.15, 0.2) is 0 Å². The lowest BCUT2D eigenvalue weighted by atomic mass is 10.1. The van der Waals surface area contributed by atoms with Gasteiger partial charge in [-0.05, 0) is 12.0 Å². The van der Waals surface area contributed by atoms with Gasteiger partial charge in [0, 0.05) is 6.92 Å². The third-order valence-corrected chi connectivity index (χ3v) is 1.91. The Hall–Kier alpha value is -1.05. The van der Waals surface area contributed by atoms with Gasteiger partial charge >= 0.3 is 0 Å². The third-order valence-electron chi connectivity index (χ3n) is 1.91. The van der Waals surface area contributed by atoms with Crippen LogP contribution in [0, 0.1) is 0 Å². The number of carbonyl (C=O) groups is 1. The van der Waals surface area contributed by atoms with E-state index in [-0.39, 0.29) is 11.9 Å². The van der Waals surface area contributed by atoms with Crippen LogP contribution in [0.2, 0.25) is 0 Å². The summed E-state index contributed by atoms with van der Waals surface area (Å²) in [7, 11) is 0. The van der Waals surface area contributed by atoms with E-state index in [1.54, 1.807) is 6.92 Å². The summed E-state index contributed by atoms with van der Waals surface area (Å²) in [5.41, 5.74) is 1.31. The molecule has 0 saturated carbocycles. The van der Waals surface area contributed by atoms with Gasteiger partial charge in [-0.25, -0.2) is 0 Å². The van der Waals surface area contributed by atoms with Gasteiger partial charge in [0.05, 0.1) is 6.04 Å². The maximum absolute atomic E-state index is 10.8. The Morgan fingerprint density at radius 3 is 3.00 bits per heavy atom. The maximum atomic E-state index is 10.8. The van der Waals surface area contributed by atoms with Crippen molar-refractivity contribution in [3.05, 3.63) is 23.8 Å². The first-order valence-corrected chi connectivity index (χ1v) is 4.38. The average molecular weight is 165 g/mol. The monoisotopic (exact) mass is 165 g/mol. The smallest absolute Gasteiger partial charge is 0.217 e. The average Bonchev–Trinajstić information content (AvgIpc) is 2.37. The molecule has 1 amide bonds. The molecule has 0 fully saturated rings. The fourth-order valence-electron chi connectivity index (χ4n) is 1.40. The first-order chi connectivity index (χ1) is 5.74. The molecule has 0 aromatic carbocycles. The molecule has 66 valence electrons. The number of allylic oxidation sites excluding steroid dienone is 2. The SMILES string of the molecule is CCCC1=CC=CC1NC(C)=O. The van der Waals surface area contributed by atoms with Crippen LogP contribution in [0.15, 0.2) is 23.8 Å². The Balaban J connectivity index is 2.49. The number of carbonyl (C=O) groups excluding carboxylic acids is 1. The van der Waals surface area contributed by atoms with Gasteiger partial charge in [-0.2, -0.15) is 0 Å². The number of hydrogen-bond acceptors (Lipinski definition) is 1. The molecule has 2 heteroatoms. The van der Waals surface area contributed by atoms with E-state index < -0.39 is 0 Å². The van der Waals surface area contributed by atoms with Gasteiger partial charge in [-0.1, -0.05) is 31.6 Å². The number of hydrogen-bond donors (Lipinski definition) is 1. The van der Waals surface area contributed by atoms with Crippen LogP contribution >= 0.6 is 0 Å². The van der Waals surface area contributed by atoms with Gasteiger partial charge in [0.25, 0.3) is 0 Å². The minimum absolute atomic E-state index is 0.0357. The molecule has 1 aliphatic rings. The summed E-state index contributed by atoms with van der Waals surface area (Å²) >= 11 is 0. The van der Waals surface area contributed by atoms with E-state index in [4.69, 9.17) is 0 Å². The van der Waals surface area contributed by atoms with E-state index in [0.717, 1.165) is 12.8 Å². The maximum Gasteiger partial charge on any atom is 0.217 e. The van der Waals surface area contributed by atoms with Crippen LogP contribution in [0.5, 0.6) is 0 Å². The number of rotatable bonds is 3. The van der Waals surface area contributed by atoms with Crippen molar-refractivity contribution < 1.29 is 4.79 Å². The van der Waals surface area contributed by atoms with Gasteiger partial charge in [0.1, 0.15) is 0 Å². The van der Waals surface area contributed by atoms with Crippen LogP contribution in [0.25, 0.3) is 0 Å². The summed E-state index contributed by atoms with van der Waals surface area (Å²) in [6.07, 6.45) is 8.31. The summed E-state index contributed by atoms with van der Waals surface area (Å²) in [6.45, 7) is 3.69. The van der Waals surface area contributed by atoms with E-state index in [1.807, 2.05) is 12.2 Å². The topological polar surface area (TPSA) is 29.1 Å². The second kappa shape index (κ2) is 4.10. The molecule has 0 aromatic rings. The van der Waals surface area contributed by atoms with E-state index in [9.17, 15) is 4.79 Å². The standard InChI is InChI=1S/C10H15NO/c1-3-5-9-6-4-7-10(9)11-8(2)12/h4,6-7,10H,3,5H2,1-2H3,(H,11,12). The van der Waals surface area contributed by atoms with Gasteiger partial charge < -0.3 is 5.32 Å². The van der Waals surface area contributed by atoms with Gasteiger partial charge in [0.2, 0.25) is 5.91 Å². The molecule has 0 heterocycles. The van der Waals surface area contributed by atoms with Crippen LogP contribution in [0.1, 0.15) is 26.7 Å². The Kier molecular flexibility index (Phi) is 3.09. The molecule has 1 N–H and O–H groups in total.